The third kappa shape index (κ3) is 15.2. The lowest BCUT2D eigenvalue weighted by atomic mass is 9.88. The number of unbranched alkanes of at least 4 members (excludes halogenated alkanes) is 2. The lowest BCUT2D eigenvalue weighted by molar-refractivity contribution is -0.141. The average Bonchev–Trinajstić information content (AvgIpc) is 3.36. The summed E-state index contributed by atoms with van der Waals surface area (Å²) >= 11 is 1.38. The highest BCUT2D eigenvalue weighted by molar-refractivity contribution is 8.00. The van der Waals surface area contributed by atoms with Crippen LogP contribution in [-0.2, 0) is 41.6 Å². The van der Waals surface area contributed by atoms with Crippen molar-refractivity contribution in [1.29, 1.82) is 0 Å². The van der Waals surface area contributed by atoms with Gasteiger partial charge in [-0.25, -0.2) is 4.79 Å². The number of primary amides is 1. The van der Waals surface area contributed by atoms with Crippen molar-refractivity contribution in [1.82, 2.24) is 20.9 Å². The number of ketones is 2. The third-order valence-corrected chi connectivity index (χ3v) is 10.4. The molecule has 284 valence electrons. The first-order valence-electron chi connectivity index (χ1n) is 17.9. The highest BCUT2D eigenvalue weighted by Gasteiger charge is 2.37. The van der Waals surface area contributed by atoms with E-state index in [9.17, 15) is 38.7 Å². The number of hydrogen-bond acceptors (Lipinski definition) is 9. The van der Waals surface area contributed by atoms with Crippen LogP contribution in [0.15, 0.2) is 24.3 Å². The SMILES string of the molecule is CN[C@@H](Cc1ccc(CC(=O)[C@H](CCCNC(N)=O)NC(=O)[C@@H](CC(=O)CCCCCN2C(=O)CC(SC)C2=O)C(C)C)cc1)CC(C)C(=O)O. The first-order chi connectivity index (χ1) is 24.2. The number of amides is 5. The van der Waals surface area contributed by atoms with Crippen molar-refractivity contribution in [2.45, 2.75) is 109 Å². The van der Waals surface area contributed by atoms with E-state index >= 15 is 0 Å². The molecule has 6 N–H and O–H groups in total. The summed E-state index contributed by atoms with van der Waals surface area (Å²) in [6.07, 6.45) is 6.06. The fourth-order valence-corrected chi connectivity index (χ4v) is 6.80. The number of carboxylic acids is 1. The number of nitrogens with zero attached hydrogens (tertiary/aromatic N) is 1. The Kier molecular flexibility index (Phi) is 18.9. The second kappa shape index (κ2) is 22.2. The zero-order valence-electron chi connectivity index (χ0n) is 30.7. The maximum atomic E-state index is 13.6. The van der Waals surface area contributed by atoms with Gasteiger partial charge in [0.05, 0.1) is 17.2 Å². The van der Waals surface area contributed by atoms with E-state index in [-0.39, 0.29) is 85.1 Å². The monoisotopic (exact) mass is 731 g/mol. The van der Waals surface area contributed by atoms with E-state index in [1.165, 1.54) is 16.7 Å². The minimum Gasteiger partial charge on any atom is -0.481 e. The van der Waals surface area contributed by atoms with E-state index in [4.69, 9.17) is 5.73 Å². The third-order valence-electron chi connectivity index (χ3n) is 9.44. The molecule has 1 aromatic rings. The van der Waals surface area contributed by atoms with Crippen LogP contribution in [0.2, 0.25) is 0 Å². The molecule has 1 aliphatic heterocycles. The number of imide groups is 1. The van der Waals surface area contributed by atoms with E-state index in [0.717, 1.165) is 11.1 Å². The minimum atomic E-state index is -0.841. The van der Waals surface area contributed by atoms with Crippen LogP contribution in [0, 0.1) is 17.8 Å². The summed E-state index contributed by atoms with van der Waals surface area (Å²) in [5, 5.41) is 17.5. The van der Waals surface area contributed by atoms with Crippen LogP contribution in [0.4, 0.5) is 4.79 Å². The molecule has 13 nitrogen and oxygen atoms in total. The fourth-order valence-electron chi connectivity index (χ4n) is 6.16. The molecule has 1 aliphatic rings. The van der Waals surface area contributed by atoms with Crippen LogP contribution in [0.25, 0.3) is 0 Å². The van der Waals surface area contributed by atoms with Crippen LogP contribution in [0.5, 0.6) is 0 Å². The van der Waals surface area contributed by atoms with E-state index in [1.54, 1.807) is 14.0 Å². The van der Waals surface area contributed by atoms with Crippen LogP contribution in [-0.4, -0.2) is 95.0 Å². The number of Topliss-reactive ketones (excluding diaryl/α,β-unsaturated/α-hetero) is 2. The highest BCUT2D eigenvalue weighted by atomic mass is 32.2. The van der Waals surface area contributed by atoms with Crippen LogP contribution in [0.1, 0.15) is 89.7 Å². The van der Waals surface area contributed by atoms with Crippen molar-refractivity contribution in [3.05, 3.63) is 35.4 Å². The van der Waals surface area contributed by atoms with Gasteiger partial charge >= 0.3 is 12.0 Å². The summed E-state index contributed by atoms with van der Waals surface area (Å²) in [4.78, 5) is 88.2. The molecule has 1 aromatic carbocycles. The number of carbonyl (C=O) groups is 7. The number of likely N-dealkylation sites (N-methyl/N-ethyl adjacent to an activating group) is 1. The van der Waals surface area contributed by atoms with Crippen LogP contribution in [0.3, 0.4) is 0 Å². The predicted octanol–water partition coefficient (Wildman–Crippen LogP) is 3.26. The molecule has 51 heavy (non-hydrogen) atoms. The molecule has 0 radical (unpaired) electrons. The van der Waals surface area contributed by atoms with E-state index in [1.807, 2.05) is 44.4 Å². The molecule has 1 fully saturated rings. The number of rotatable bonds is 25. The van der Waals surface area contributed by atoms with E-state index in [0.29, 0.717) is 45.1 Å². The summed E-state index contributed by atoms with van der Waals surface area (Å²) in [7, 11) is 1.80. The number of likely N-dealkylation sites (tertiary alicyclic amines) is 1. The van der Waals surface area contributed by atoms with Crippen molar-refractivity contribution in [3.8, 4) is 0 Å². The quantitative estimate of drug-likeness (QED) is 0.0734. The van der Waals surface area contributed by atoms with E-state index < -0.39 is 29.9 Å². The zero-order chi connectivity index (χ0) is 38.1. The Morgan fingerprint density at radius 3 is 2.24 bits per heavy atom. The van der Waals surface area contributed by atoms with Gasteiger partial charge in [0.2, 0.25) is 17.7 Å². The van der Waals surface area contributed by atoms with Crippen molar-refractivity contribution in [2.24, 2.45) is 23.5 Å². The Morgan fingerprint density at radius 1 is 1.00 bits per heavy atom. The maximum absolute atomic E-state index is 13.6. The first-order valence-corrected chi connectivity index (χ1v) is 19.2. The number of benzene rings is 1. The summed E-state index contributed by atoms with van der Waals surface area (Å²) in [5.41, 5.74) is 6.94. The molecule has 14 heteroatoms. The van der Waals surface area contributed by atoms with Gasteiger partial charge in [-0.1, -0.05) is 51.5 Å². The number of aliphatic carboxylic acids is 1. The molecule has 2 rings (SSSR count). The summed E-state index contributed by atoms with van der Waals surface area (Å²) in [6.45, 7) is 5.98. The van der Waals surface area contributed by atoms with Gasteiger partial charge in [-0.3, -0.25) is 33.7 Å². The highest BCUT2D eigenvalue weighted by Crippen LogP contribution is 2.24. The maximum Gasteiger partial charge on any atom is 0.312 e. The number of urea groups is 1. The summed E-state index contributed by atoms with van der Waals surface area (Å²) < 4.78 is 0. The molecule has 0 aliphatic carbocycles. The number of carboxylic acid groups (broad SMARTS) is 1. The Bertz CT molecular complexity index is 1350. The average molecular weight is 732 g/mol. The molecule has 5 amide bonds. The molecular weight excluding hydrogens is 675 g/mol. The van der Waals surface area contributed by atoms with Gasteiger partial charge in [0.1, 0.15) is 5.78 Å². The van der Waals surface area contributed by atoms with Crippen molar-refractivity contribution in [2.75, 3.05) is 26.4 Å². The lowest BCUT2D eigenvalue weighted by Crippen LogP contribution is -2.46. The number of nitrogens with two attached hydrogens (primary N) is 1. The van der Waals surface area contributed by atoms with Gasteiger partial charge in [-0.05, 0) is 68.9 Å². The first kappa shape index (κ1) is 43.4. The number of thioether (sulfide) groups is 1. The largest absolute Gasteiger partial charge is 0.481 e. The topological polar surface area (TPSA) is 205 Å². The molecule has 0 spiro atoms. The normalized spacial score (nSPS) is 16.8. The predicted molar refractivity (Wildman–Crippen MR) is 197 cm³/mol. The number of hydrogen-bond donors (Lipinski definition) is 5. The van der Waals surface area contributed by atoms with Crippen molar-refractivity contribution >= 4 is 53.1 Å². The van der Waals surface area contributed by atoms with Gasteiger partial charge in [0, 0.05) is 50.7 Å². The summed E-state index contributed by atoms with van der Waals surface area (Å²) in [5.74, 6) is -3.06. The van der Waals surface area contributed by atoms with Gasteiger partial charge in [-0.15, -0.1) is 0 Å². The van der Waals surface area contributed by atoms with Gasteiger partial charge in [0.25, 0.3) is 0 Å². The molecule has 1 saturated heterocycles. The molecule has 1 heterocycles. The molecule has 2 unspecified atom stereocenters. The van der Waals surface area contributed by atoms with Crippen LogP contribution < -0.4 is 21.7 Å². The Labute approximate surface area is 306 Å². The van der Waals surface area contributed by atoms with Crippen molar-refractivity contribution < 1.29 is 38.7 Å². The second-order valence-electron chi connectivity index (χ2n) is 13.8. The van der Waals surface area contributed by atoms with Crippen molar-refractivity contribution in [3.63, 3.8) is 0 Å². The zero-order valence-corrected chi connectivity index (χ0v) is 31.5. The molecular formula is C37H57N5O8S. The minimum absolute atomic E-state index is 0.0234. The molecule has 0 aromatic heterocycles. The smallest absolute Gasteiger partial charge is 0.312 e. The fraction of sp³-hybridized carbons (Fsp3) is 0.649. The molecule has 0 saturated carbocycles. The second-order valence-corrected chi connectivity index (χ2v) is 14.9. The standard InChI is InChI=1S/C37H57N5O8S/c1-23(2)29(21-28(43)10-7-6-8-17-42-33(45)22-32(51-5)35(42)47)34(46)41-30(11-9-16-40-37(38)50)31(44)20-26-14-12-25(13-15-26)19-27(39-4)18-24(3)36(48)49/h12-15,23-24,27,29-30,32,39H,6-11,16-22H2,1-5H3,(H,41,46)(H,48,49)(H3,38,40,50)/t24?,27-,29+,30+,32?/m1/s1. The molecule has 5 atom stereocenters. The van der Waals surface area contributed by atoms with E-state index in [2.05, 4.69) is 16.0 Å². The number of nitrogens with one attached hydrogen (secondary N) is 3. The number of carbonyl (C=O) groups excluding carboxylic acids is 6. The molecule has 0 bridgehead atoms. The Hall–Kier alpha value is -3.78. The van der Waals surface area contributed by atoms with Gasteiger partial charge in [0.15, 0.2) is 5.78 Å². The van der Waals surface area contributed by atoms with Crippen LogP contribution >= 0.6 is 11.8 Å². The summed E-state index contributed by atoms with van der Waals surface area (Å²) in [6, 6.07) is 5.99. The van der Waals surface area contributed by atoms with Gasteiger partial charge in [-0.2, -0.15) is 11.8 Å². The lowest BCUT2D eigenvalue weighted by Gasteiger charge is -2.24. The van der Waals surface area contributed by atoms with Gasteiger partial charge < -0.3 is 26.8 Å². The Morgan fingerprint density at radius 2 is 1.67 bits per heavy atom. The Balaban J connectivity index is 1.97.